The molecule has 0 unspecified atom stereocenters. The summed E-state index contributed by atoms with van der Waals surface area (Å²) in [4.78, 5) is 2.44. The van der Waals surface area contributed by atoms with Gasteiger partial charge >= 0.3 is 0 Å². The quantitative estimate of drug-likeness (QED) is 0.155. The normalized spacial score (nSPS) is 11.1. The standard InChI is InChI=1S/C50H35N/c1-4-15-36(16-5-1)41-22-14-23-42(33-41)47-25-12-13-26-50(47)51(43-30-29-40-28-27-39-21-10-11-24-45(39)49(40)34-43)44-31-32-46(37-17-6-2-7-18-37)48(35-44)38-19-8-3-9-20-38/h1-35H. The molecule has 0 saturated heterocycles. The lowest BCUT2D eigenvalue weighted by Crippen LogP contribution is -2.11. The maximum absolute atomic E-state index is 2.44. The van der Waals surface area contributed by atoms with Gasteiger partial charge in [0.15, 0.2) is 0 Å². The van der Waals surface area contributed by atoms with Gasteiger partial charge < -0.3 is 4.90 Å². The predicted octanol–water partition coefficient (Wildman–Crippen LogP) is 14.1. The predicted molar refractivity (Wildman–Crippen MR) is 218 cm³/mol. The Labute approximate surface area is 299 Å². The van der Waals surface area contributed by atoms with Crippen LogP contribution in [0.3, 0.4) is 0 Å². The summed E-state index contributed by atoms with van der Waals surface area (Å²) in [6.07, 6.45) is 0. The van der Waals surface area contributed by atoms with E-state index in [9.17, 15) is 0 Å². The van der Waals surface area contributed by atoms with Crippen LogP contribution in [0.2, 0.25) is 0 Å². The molecule has 9 rings (SSSR count). The Kier molecular flexibility index (Phi) is 7.92. The van der Waals surface area contributed by atoms with Gasteiger partial charge in [0.2, 0.25) is 0 Å². The van der Waals surface area contributed by atoms with Crippen molar-refractivity contribution in [3.8, 4) is 44.5 Å². The van der Waals surface area contributed by atoms with E-state index in [1.165, 1.54) is 66.1 Å². The summed E-state index contributed by atoms with van der Waals surface area (Å²) in [5, 5.41) is 4.96. The van der Waals surface area contributed by atoms with Crippen LogP contribution in [-0.2, 0) is 0 Å². The van der Waals surface area contributed by atoms with Crippen LogP contribution >= 0.6 is 0 Å². The highest BCUT2D eigenvalue weighted by molar-refractivity contribution is 6.09. The van der Waals surface area contributed by atoms with E-state index in [2.05, 4.69) is 217 Å². The Bertz CT molecular complexity index is 2620. The van der Waals surface area contributed by atoms with Crippen LogP contribution in [0.15, 0.2) is 212 Å². The smallest absolute Gasteiger partial charge is 0.0540 e. The van der Waals surface area contributed by atoms with E-state index in [0.29, 0.717) is 0 Å². The van der Waals surface area contributed by atoms with Gasteiger partial charge in [-0.3, -0.25) is 0 Å². The summed E-state index contributed by atoms with van der Waals surface area (Å²) < 4.78 is 0. The molecule has 0 aliphatic heterocycles. The number of fused-ring (bicyclic) bond motifs is 3. The van der Waals surface area contributed by atoms with Crippen molar-refractivity contribution in [2.24, 2.45) is 0 Å². The summed E-state index contributed by atoms with van der Waals surface area (Å²) in [6, 6.07) is 76.7. The topological polar surface area (TPSA) is 3.24 Å². The van der Waals surface area contributed by atoms with Crippen molar-refractivity contribution >= 4 is 38.6 Å². The average Bonchev–Trinajstić information content (AvgIpc) is 3.22. The fourth-order valence-corrected chi connectivity index (χ4v) is 7.36. The van der Waals surface area contributed by atoms with Gasteiger partial charge in [-0.1, -0.05) is 176 Å². The molecule has 0 bridgehead atoms. The summed E-state index contributed by atoms with van der Waals surface area (Å²) in [7, 11) is 0. The van der Waals surface area contributed by atoms with Crippen molar-refractivity contribution < 1.29 is 0 Å². The number of hydrogen-bond donors (Lipinski definition) is 0. The molecule has 0 fully saturated rings. The van der Waals surface area contributed by atoms with E-state index in [4.69, 9.17) is 0 Å². The highest BCUT2D eigenvalue weighted by atomic mass is 15.1. The first-order valence-corrected chi connectivity index (χ1v) is 17.5. The molecule has 0 spiro atoms. The lowest BCUT2D eigenvalue weighted by atomic mass is 9.93. The highest BCUT2D eigenvalue weighted by Gasteiger charge is 2.20. The number of hydrogen-bond acceptors (Lipinski definition) is 1. The van der Waals surface area contributed by atoms with Crippen molar-refractivity contribution in [2.75, 3.05) is 4.90 Å². The lowest BCUT2D eigenvalue weighted by Gasteiger charge is -2.29. The molecule has 0 atom stereocenters. The molecule has 0 aliphatic rings. The Morgan fingerprint density at radius 1 is 0.255 bits per heavy atom. The molecule has 9 aromatic rings. The minimum absolute atomic E-state index is 1.10. The zero-order valence-corrected chi connectivity index (χ0v) is 28.2. The molecule has 0 heterocycles. The van der Waals surface area contributed by atoms with Gasteiger partial charge in [0.25, 0.3) is 0 Å². The van der Waals surface area contributed by atoms with E-state index in [0.717, 1.165) is 17.1 Å². The Morgan fingerprint density at radius 3 is 1.55 bits per heavy atom. The van der Waals surface area contributed by atoms with Crippen LogP contribution in [0.25, 0.3) is 66.1 Å². The van der Waals surface area contributed by atoms with E-state index in [1.54, 1.807) is 0 Å². The first-order chi connectivity index (χ1) is 25.3. The van der Waals surface area contributed by atoms with Crippen molar-refractivity contribution in [3.05, 3.63) is 212 Å². The minimum atomic E-state index is 1.10. The zero-order valence-electron chi connectivity index (χ0n) is 28.2. The summed E-state index contributed by atoms with van der Waals surface area (Å²) >= 11 is 0. The van der Waals surface area contributed by atoms with Crippen molar-refractivity contribution in [2.45, 2.75) is 0 Å². The Balaban J connectivity index is 1.29. The number of benzene rings is 9. The van der Waals surface area contributed by atoms with E-state index in [1.807, 2.05) is 0 Å². The molecule has 0 N–H and O–H groups in total. The average molecular weight is 650 g/mol. The molecular formula is C50H35N. The molecule has 0 amide bonds. The first-order valence-electron chi connectivity index (χ1n) is 17.5. The van der Waals surface area contributed by atoms with Crippen LogP contribution in [-0.4, -0.2) is 0 Å². The second kappa shape index (κ2) is 13.3. The number of rotatable bonds is 7. The van der Waals surface area contributed by atoms with Crippen LogP contribution in [0, 0.1) is 0 Å². The maximum Gasteiger partial charge on any atom is 0.0540 e. The molecule has 0 aliphatic carbocycles. The molecule has 1 nitrogen and oxygen atoms in total. The second-order valence-electron chi connectivity index (χ2n) is 13.0. The fourth-order valence-electron chi connectivity index (χ4n) is 7.36. The summed E-state index contributed by atoms with van der Waals surface area (Å²) in [5.74, 6) is 0. The van der Waals surface area contributed by atoms with Crippen LogP contribution in [0.4, 0.5) is 17.1 Å². The third-order valence-electron chi connectivity index (χ3n) is 9.85. The number of anilines is 3. The SMILES string of the molecule is c1ccc(-c2cccc(-c3ccccc3N(c3ccc(-c4ccccc4)c(-c4ccccc4)c3)c3ccc4ccc5ccccc5c4c3)c2)cc1. The van der Waals surface area contributed by atoms with Gasteiger partial charge in [0.1, 0.15) is 0 Å². The van der Waals surface area contributed by atoms with Crippen LogP contribution < -0.4 is 4.90 Å². The maximum atomic E-state index is 2.44. The third-order valence-corrected chi connectivity index (χ3v) is 9.85. The van der Waals surface area contributed by atoms with E-state index >= 15 is 0 Å². The molecule has 1 heteroatoms. The van der Waals surface area contributed by atoms with Gasteiger partial charge in [0.05, 0.1) is 5.69 Å². The van der Waals surface area contributed by atoms with Crippen molar-refractivity contribution in [1.29, 1.82) is 0 Å². The molecule has 9 aromatic carbocycles. The van der Waals surface area contributed by atoms with Crippen molar-refractivity contribution in [1.82, 2.24) is 0 Å². The Hall–Kier alpha value is -6.70. The molecule has 240 valence electrons. The molecule has 51 heavy (non-hydrogen) atoms. The molecule has 0 radical (unpaired) electrons. The monoisotopic (exact) mass is 649 g/mol. The van der Waals surface area contributed by atoms with Crippen LogP contribution in [0.1, 0.15) is 0 Å². The van der Waals surface area contributed by atoms with Gasteiger partial charge in [-0.05, 0) is 96.9 Å². The highest BCUT2D eigenvalue weighted by Crippen LogP contribution is 2.45. The zero-order chi connectivity index (χ0) is 34.0. The van der Waals surface area contributed by atoms with E-state index in [-0.39, 0.29) is 0 Å². The molecular weight excluding hydrogens is 615 g/mol. The molecule has 0 saturated carbocycles. The molecule has 0 aromatic heterocycles. The van der Waals surface area contributed by atoms with Gasteiger partial charge in [-0.2, -0.15) is 0 Å². The lowest BCUT2D eigenvalue weighted by molar-refractivity contribution is 1.29. The summed E-state index contributed by atoms with van der Waals surface area (Å²) in [5.41, 5.74) is 12.9. The van der Waals surface area contributed by atoms with Gasteiger partial charge in [0, 0.05) is 16.9 Å². The minimum Gasteiger partial charge on any atom is -0.310 e. The van der Waals surface area contributed by atoms with Gasteiger partial charge in [-0.15, -0.1) is 0 Å². The number of para-hydroxylation sites is 1. The second-order valence-corrected chi connectivity index (χ2v) is 13.0. The van der Waals surface area contributed by atoms with Crippen LogP contribution in [0.5, 0.6) is 0 Å². The van der Waals surface area contributed by atoms with E-state index < -0.39 is 0 Å². The fraction of sp³-hybridized carbons (Fsp3) is 0. The van der Waals surface area contributed by atoms with Gasteiger partial charge in [-0.25, -0.2) is 0 Å². The Morgan fingerprint density at radius 2 is 0.784 bits per heavy atom. The summed E-state index contributed by atoms with van der Waals surface area (Å²) in [6.45, 7) is 0. The first kappa shape index (κ1) is 30.4. The third kappa shape index (κ3) is 5.86. The number of nitrogens with zero attached hydrogens (tertiary/aromatic N) is 1. The van der Waals surface area contributed by atoms with Crippen molar-refractivity contribution in [3.63, 3.8) is 0 Å². The largest absolute Gasteiger partial charge is 0.310 e.